The lowest BCUT2D eigenvalue weighted by Crippen LogP contribution is -2.31. The zero-order chi connectivity index (χ0) is 19.2. The second-order valence-corrected chi connectivity index (χ2v) is 7.47. The van der Waals surface area contributed by atoms with Gasteiger partial charge in [-0.15, -0.1) is 13.2 Å². The van der Waals surface area contributed by atoms with Gasteiger partial charge in [-0.2, -0.15) is 0 Å². The van der Waals surface area contributed by atoms with Gasteiger partial charge in [0.1, 0.15) is 0 Å². The van der Waals surface area contributed by atoms with E-state index in [9.17, 15) is 13.2 Å². The van der Waals surface area contributed by atoms with Gasteiger partial charge in [-0.25, -0.2) is 8.42 Å². The molecule has 0 aromatic heterocycles. The quantitative estimate of drug-likeness (QED) is 0.722. The fraction of sp³-hybridized carbons (Fsp3) is 0.150. The van der Waals surface area contributed by atoms with E-state index in [0.717, 1.165) is 5.56 Å². The van der Waals surface area contributed by atoms with Crippen molar-refractivity contribution in [3.63, 3.8) is 0 Å². The Morgan fingerprint density at radius 1 is 1.00 bits per heavy atom. The van der Waals surface area contributed by atoms with Crippen LogP contribution < -0.4 is 4.72 Å². The maximum absolute atomic E-state index is 12.5. The molecule has 0 radical (unpaired) electrons. The van der Waals surface area contributed by atoms with E-state index in [2.05, 4.69) is 17.9 Å². The van der Waals surface area contributed by atoms with E-state index in [4.69, 9.17) is 0 Å². The van der Waals surface area contributed by atoms with Gasteiger partial charge in [-0.05, 0) is 43.3 Å². The Morgan fingerprint density at radius 3 is 2.04 bits per heavy atom. The molecule has 2 rings (SSSR count). The summed E-state index contributed by atoms with van der Waals surface area (Å²) >= 11 is 0. The molecule has 0 saturated carbocycles. The first-order chi connectivity index (χ1) is 12.4. The summed E-state index contributed by atoms with van der Waals surface area (Å²) in [6.45, 7) is 9.97. The molecule has 0 heterocycles. The average Bonchev–Trinajstić information content (AvgIpc) is 2.63. The second-order valence-electron chi connectivity index (χ2n) is 5.78. The van der Waals surface area contributed by atoms with Crippen molar-refractivity contribution >= 4 is 21.6 Å². The van der Waals surface area contributed by atoms with Crippen LogP contribution in [-0.4, -0.2) is 32.3 Å². The van der Waals surface area contributed by atoms with Gasteiger partial charge in [-0.1, -0.05) is 29.8 Å². The van der Waals surface area contributed by atoms with Crippen molar-refractivity contribution < 1.29 is 13.2 Å². The van der Waals surface area contributed by atoms with Gasteiger partial charge in [0.2, 0.25) is 0 Å². The molecule has 0 aliphatic rings. The van der Waals surface area contributed by atoms with Crippen LogP contribution in [0.3, 0.4) is 0 Å². The van der Waals surface area contributed by atoms with E-state index < -0.39 is 10.0 Å². The zero-order valence-electron chi connectivity index (χ0n) is 14.7. The number of nitrogens with one attached hydrogen (secondary N) is 1. The normalized spacial score (nSPS) is 10.8. The third kappa shape index (κ3) is 4.83. The molecule has 5 nitrogen and oxygen atoms in total. The predicted octanol–water partition coefficient (Wildman–Crippen LogP) is 3.61. The Balaban J connectivity index is 2.19. The van der Waals surface area contributed by atoms with Crippen LogP contribution in [0.15, 0.2) is 78.7 Å². The number of hydrogen-bond acceptors (Lipinski definition) is 3. The molecule has 0 aliphatic heterocycles. The van der Waals surface area contributed by atoms with Crippen molar-refractivity contribution in [1.82, 2.24) is 4.90 Å². The molecule has 2 aromatic rings. The molecule has 1 N–H and O–H groups in total. The number of rotatable bonds is 8. The van der Waals surface area contributed by atoms with Gasteiger partial charge in [-0.3, -0.25) is 9.52 Å². The lowest BCUT2D eigenvalue weighted by molar-refractivity contribution is 0.0790. The molecule has 0 saturated heterocycles. The van der Waals surface area contributed by atoms with Gasteiger partial charge in [0.15, 0.2) is 0 Å². The van der Waals surface area contributed by atoms with E-state index in [0.29, 0.717) is 24.3 Å². The summed E-state index contributed by atoms with van der Waals surface area (Å²) in [6.07, 6.45) is 3.26. The third-order valence-electron chi connectivity index (χ3n) is 3.70. The largest absolute Gasteiger partial charge is 0.331 e. The van der Waals surface area contributed by atoms with Crippen LogP contribution >= 0.6 is 0 Å². The zero-order valence-corrected chi connectivity index (χ0v) is 15.5. The first-order valence-corrected chi connectivity index (χ1v) is 9.56. The number of anilines is 1. The van der Waals surface area contributed by atoms with Gasteiger partial charge in [0.05, 0.1) is 4.90 Å². The van der Waals surface area contributed by atoms with Crippen LogP contribution in [0, 0.1) is 6.92 Å². The molecule has 136 valence electrons. The van der Waals surface area contributed by atoms with E-state index in [1.54, 1.807) is 29.2 Å². The van der Waals surface area contributed by atoms with Crippen LogP contribution in [0.25, 0.3) is 0 Å². The summed E-state index contributed by atoms with van der Waals surface area (Å²) in [5, 5.41) is 0. The highest BCUT2D eigenvalue weighted by atomic mass is 32.2. The number of carbonyl (C=O) groups is 1. The molecule has 0 bridgehead atoms. The Labute approximate surface area is 154 Å². The maximum atomic E-state index is 12.5. The molecule has 0 aliphatic carbocycles. The molecule has 0 atom stereocenters. The van der Waals surface area contributed by atoms with Gasteiger partial charge in [0.25, 0.3) is 15.9 Å². The number of nitrogens with zero attached hydrogens (tertiary/aromatic N) is 1. The van der Waals surface area contributed by atoms with Crippen molar-refractivity contribution in [1.29, 1.82) is 0 Å². The highest BCUT2D eigenvalue weighted by molar-refractivity contribution is 7.92. The van der Waals surface area contributed by atoms with E-state index >= 15 is 0 Å². The lowest BCUT2D eigenvalue weighted by Gasteiger charge is -2.19. The molecule has 0 unspecified atom stereocenters. The number of amides is 1. The number of carbonyl (C=O) groups excluding carboxylic acids is 1. The molecule has 0 fully saturated rings. The molecule has 2 aromatic carbocycles. The second kappa shape index (κ2) is 8.49. The van der Waals surface area contributed by atoms with Crippen LogP contribution in [0.2, 0.25) is 0 Å². The van der Waals surface area contributed by atoms with Crippen LogP contribution in [0.1, 0.15) is 15.9 Å². The van der Waals surface area contributed by atoms with Gasteiger partial charge < -0.3 is 4.90 Å². The van der Waals surface area contributed by atoms with Crippen LogP contribution in [0.5, 0.6) is 0 Å². The molecule has 6 heteroatoms. The molecule has 26 heavy (non-hydrogen) atoms. The number of sulfonamides is 1. The van der Waals surface area contributed by atoms with Gasteiger partial charge >= 0.3 is 0 Å². The topological polar surface area (TPSA) is 66.5 Å². The van der Waals surface area contributed by atoms with Gasteiger partial charge in [0, 0.05) is 24.3 Å². The molecule has 1 amide bonds. The summed E-state index contributed by atoms with van der Waals surface area (Å²) in [7, 11) is -3.72. The van der Waals surface area contributed by atoms with E-state index in [-0.39, 0.29) is 10.8 Å². The highest BCUT2D eigenvalue weighted by Gasteiger charge is 2.17. The Bertz CT molecular complexity index is 876. The van der Waals surface area contributed by atoms with Crippen molar-refractivity contribution in [2.24, 2.45) is 0 Å². The molecule has 0 spiro atoms. The Kier molecular flexibility index (Phi) is 6.36. The monoisotopic (exact) mass is 370 g/mol. The molecular formula is C20H22N2O3S. The lowest BCUT2D eigenvalue weighted by atomic mass is 10.2. The summed E-state index contributed by atoms with van der Waals surface area (Å²) in [6, 6.07) is 12.9. The SMILES string of the molecule is C=CCN(CC=C)C(=O)c1ccc(S(=O)(=O)Nc2ccc(C)cc2)cc1. The maximum Gasteiger partial charge on any atom is 0.261 e. The Hall–Kier alpha value is -2.86. The van der Waals surface area contributed by atoms with Crippen LogP contribution in [-0.2, 0) is 10.0 Å². The number of benzene rings is 2. The standard InChI is InChI=1S/C20H22N2O3S/c1-4-14-22(15-5-2)20(23)17-8-12-19(13-9-17)26(24,25)21-18-10-6-16(3)7-11-18/h4-13,21H,1-2,14-15H2,3H3. The van der Waals surface area contributed by atoms with Crippen molar-refractivity contribution in [2.75, 3.05) is 17.8 Å². The smallest absolute Gasteiger partial charge is 0.261 e. The first-order valence-electron chi connectivity index (χ1n) is 8.08. The average molecular weight is 370 g/mol. The highest BCUT2D eigenvalue weighted by Crippen LogP contribution is 2.18. The Morgan fingerprint density at radius 2 is 1.54 bits per heavy atom. The molecular weight excluding hydrogens is 348 g/mol. The van der Waals surface area contributed by atoms with Crippen molar-refractivity contribution in [3.8, 4) is 0 Å². The first kappa shape index (κ1) is 19.5. The minimum atomic E-state index is -3.72. The summed E-state index contributed by atoms with van der Waals surface area (Å²) in [5.41, 5.74) is 1.93. The minimum absolute atomic E-state index is 0.0913. The summed E-state index contributed by atoms with van der Waals surface area (Å²) < 4.78 is 27.5. The predicted molar refractivity (Wildman–Crippen MR) is 105 cm³/mol. The summed E-state index contributed by atoms with van der Waals surface area (Å²) in [4.78, 5) is 14.1. The van der Waals surface area contributed by atoms with Crippen molar-refractivity contribution in [2.45, 2.75) is 11.8 Å². The van der Waals surface area contributed by atoms with Crippen molar-refractivity contribution in [3.05, 3.63) is 85.0 Å². The number of aryl methyl sites for hydroxylation is 1. The van der Waals surface area contributed by atoms with E-state index in [1.165, 1.54) is 24.3 Å². The fourth-order valence-corrected chi connectivity index (χ4v) is 3.41. The number of hydrogen-bond donors (Lipinski definition) is 1. The van der Waals surface area contributed by atoms with Crippen LogP contribution in [0.4, 0.5) is 5.69 Å². The fourth-order valence-electron chi connectivity index (χ4n) is 2.35. The summed E-state index contributed by atoms with van der Waals surface area (Å²) in [5.74, 6) is -0.208. The minimum Gasteiger partial charge on any atom is -0.331 e. The third-order valence-corrected chi connectivity index (χ3v) is 5.10. The van der Waals surface area contributed by atoms with E-state index in [1.807, 2.05) is 19.1 Å².